The predicted molar refractivity (Wildman–Crippen MR) is 102 cm³/mol. The van der Waals surface area contributed by atoms with Gasteiger partial charge in [0, 0.05) is 4.43 Å². The summed E-state index contributed by atoms with van der Waals surface area (Å²) < 4.78 is 13.5. The third kappa shape index (κ3) is 4.44. The van der Waals surface area contributed by atoms with Crippen molar-refractivity contribution in [1.82, 2.24) is 0 Å². The molecule has 0 aromatic heterocycles. The van der Waals surface area contributed by atoms with Crippen LogP contribution in [-0.4, -0.2) is 36.9 Å². The van der Waals surface area contributed by atoms with E-state index in [2.05, 4.69) is 84.2 Å². The Labute approximate surface area is 145 Å². The average Bonchev–Trinajstić information content (AvgIpc) is 2.75. The minimum atomic E-state index is -1.86. The van der Waals surface area contributed by atoms with Gasteiger partial charge in [-0.25, -0.2) is 4.99 Å². The summed E-state index contributed by atoms with van der Waals surface area (Å²) in [7, 11) is -1.86. The van der Waals surface area contributed by atoms with E-state index in [9.17, 15) is 0 Å². The van der Waals surface area contributed by atoms with E-state index < -0.39 is 13.9 Å². The number of ether oxygens (including phenoxy) is 1. The standard InChI is InChI=1S/C16H32INO2Si/c1-14(2,3)12-10-19-13(18-12)16(7,11-17)20-21(8,9)15(4,5)6/h12H,10-11H2,1-9H3/t12-,16?/m1/s1. The molecule has 0 aromatic carbocycles. The lowest BCUT2D eigenvalue weighted by Gasteiger charge is -2.43. The van der Waals surface area contributed by atoms with Crippen molar-refractivity contribution in [3.63, 3.8) is 0 Å². The average molecular weight is 425 g/mol. The molecule has 1 rings (SSSR count). The van der Waals surface area contributed by atoms with Crippen LogP contribution in [0.1, 0.15) is 48.5 Å². The second kappa shape index (κ2) is 6.11. The molecule has 0 aromatic rings. The van der Waals surface area contributed by atoms with E-state index in [0.717, 1.165) is 10.3 Å². The van der Waals surface area contributed by atoms with Crippen LogP contribution in [0.4, 0.5) is 0 Å². The molecule has 0 amide bonds. The number of nitrogens with zero attached hydrogens (tertiary/aromatic N) is 1. The molecule has 0 aliphatic carbocycles. The molecular formula is C16H32INO2Si. The van der Waals surface area contributed by atoms with Gasteiger partial charge in [-0.1, -0.05) is 64.1 Å². The van der Waals surface area contributed by atoms with Crippen LogP contribution in [-0.2, 0) is 9.16 Å². The molecule has 1 heterocycles. The third-order valence-corrected chi connectivity index (χ3v) is 10.7. The molecular weight excluding hydrogens is 393 g/mol. The lowest BCUT2D eigenvalue weighted by atomic mass is 9.88. The van der Waals surface area contributed by atoms with Gasteiger partial charge >= 0.3 is 0 Å². The van der Waals surface area contributed by atoms with Crippen LogP contribution in [0.5, 0.6) is 0 Å². The first-order valence-electron chi connectivity index (χ1n) is 7.70. The monoisotopic (exact) mass is 425 g/mol. The first-order chi connectivity index (χ1) is 9.23. The van der Waals surface area contributed by atoms with Gasteiger partial charge in [0.1, 0.15) is 12.2 Å². The minimum Gasteiger partial charge on any atom is -0.477 e. The van der Waals surface area contributed by atoms with Gasteiger partial charge in [0.2, 0.25) is 5.90 Å². The van der Waals surface area contributed by atoms with Crippen molar-refractivity contribution >= 4 is 36.8 Å². The van der Waals surface area contributed by atoms with Crippen LogP contribution in [0, 0.1) is 5.41 Å². The van der Waals surface area contributed by atoms with Gasteiger partial charge < -0.3 is 9.16 Å². The van der Waals surface area contributed by atoms with E-state index in [1.54, 1.807) is 0 Å². The molecule has 3 nitrogen and oxygen atoms in total. The highest BCUT2D eigenvalue weighted by atomic mass is 127. The fraction of sp³-hybridized carbons (Fsp3) is 0.938. The summed E-state index contributed by atoms with van der Waals surface area (Å²) >= 11 is 2.39. The summed E-state index contributed by atoms with van der Waals surface area (Å²) in [6, 6.07) is 0.220. The molecule has 0 N–H and O–H groups in total. The normalized spacial score (nSPS) is 23.5. The van der Waals surface area contributed by atoms with Crippen LogP contribution in [0.15, 0.2) is 4.99 Å². The van der Waals surface area contributed by atoms with Gasteiger partial charge in [0.05, 0.1) is 6.04 Å². The van der Waals surface area contributed by atoms with Gasteiger partial charge in [-0.05, 0) is 30.5 Å². The minimum absolute atomic E-state index is 0.130. The molecule has 1 aliphatic heterocycles. The van der Waals surface area contributed by atoms with Crippen molar-refractivity contribution in [1.29, 1.82) is 0 Å². The van der Waals surface area contributed by atoms with Crippen molar-refractivity contribution in [3.8, 4) is 0 Å². The zero-order valence-corrected chi connectivity index (χ0v) is 18.3. The Morgan fingerprint density at radius 2 is 1.71 bits per heavy atom. The van der Waals surface area contributed by atoms with Crippen LogP contribution in [0.2, 0.25) is 18.1 Å². The Morgan fingerprint density at radius 3 is 2.05 bits per heavy atom. The topological polar surface area (TPSA) is 30.8 Å². The first kappa shape index (κ1) is 19.4. The Morgan fingerprint density at radius 1 is 1.19 bits per heavy atom. The number of hydrogen-bond donors (Lipinski definition) is 0. The van der Waals surface area contributed by atoms with Gasteiger partial charge in [0.15, 0.2) is 8.32 Å². The predicted octanol–water partition coefficient (Wildman–Crippen LogP) is 5.05. The quantitative estimate of drug-likeness (QED) is 0.359. The molecule has 0 fully saturated rings. The Hall–Kier alpha value is 0.377. The number of hydrogen-bond acceptors (Lipinski definition) is 3. The van der Waals surface area contributed by atoms with Gasteiger partial charge in [0.25, 0.3) is 0 Å². The molecule has 0 spiro atoms. The first-order valence-corrected chi connectivity index (χ1v) is 12.1. The lowest BCUT2D eigenvalue weighted by molar-refractivity contribution is 0.132. The summed E-state index contributed by atoms with van der Waals surface area (Å²) in [4.78, 5) is 4.86. The third-order valence-electron chi connectivity index (χ3n) is 4.64. The van der Waals surface area contributed by atoms with Crippen LogP contribution in [0.3, 0.4) is 0 Å². The van der Waals surface area contributed by atoms with E-state index >= 15 is 0 Å². The van der Waals surface area contributed by atoms with Crippen molar-refractivity contribution in [2.75, 3.05) is 11.0 Å². The van der Waals surface area contributed by atoms with Crippen LogP contribution < -0.4 is 0 Å². The molecule has 1 aliphatic rings. The highest BCUT2D eigenvalue weighted by Gasteiger charge is 2.47. The number of halogens is 1. The zero-order chi connectivity index (χ0) is 16.7. The second-order valence-corrected chi connectivity index (χ2v) is 14.3. The summed E-state index contributed by atoms with van der Waals surface area (Å²) in [5, 5.41) is 0.183. The maximum absolute atomic E-state index is 6.66. The molecule has 0 saturated heterocycles. The van der Waals surface area contributed by atoms with Gasteiger partial charge in [-0.2, -0.15) is 0 Å². The van der Waals surface area contributed by atoms with Crippen molar-refractivity contribution in [2.45, 2.75) is 78.2 Å². The number of aliphatic imine (C=N–C) groups is 1. The van der Waals surface area contributed by atoms with Crippen LogP contribution in [0.25, 0.3) is 0 Å². The van der Waals surface area contributed by atoms with E-state index in [-0.39, 0.29) is 16.5 Å². The highest BCUT2D eigenvalue weighted by molar-refractivity contribution is 14.1. The van der Waals surface area contributed by atoms with E-state index in [1.807, 2.05) is 0 Å². The zero-order valence-electron chi connectivity index (χ0n) is 15.1. The maximum Gasteiger partial charge on any atom is 0.216 e. The summed E-state index contributed by atoms with van der Waals surface area (Å²) in [5.74, 6) is 0.793. The lowest BCUT2D eigenvalue weighted by Crippen LogP contribution is -2.53. The molecule has 21 heavy (non-hydrogen) atoms. The molecule has 1 unspecified atom stereocenters. The molecule has 5 heteroatoms. The molecule has 0 bridgehead atoms. The maximum atomic E-state index is 6.66. The Balaban J connectivity index is 3.02. The van der Waals surface area contributed by atoms with Gasteiger partial charge in [-0.15, -0.1) is 0 Å². The Bertz CT molecular complexity index is 409. The number of alkyl halides is 1. The molecule has 124 valence electrons. The van der Waals surface area contributed by atoms with Crippen molar-refractivity contribution in [2.24, 2.45) is 10.4 Å². The van der Waals surface area contributed by atoms with Crippen molar-refractivity contribution < 1.29 is 9.16 Å². The molecule has 2 atom stereocenters. The van der Waals surface area contributed by atoms with Gasteiger partial charge in [-0.3, -0.25) is 0 Å². The largest absolute Gasteiger partial charge is 0.477 e. The van der Waals surface area contributed by atoms with Crippen LogP contribution >= 0.6 is 22.6 Å². The fourth-order valence-electron chi connectivity index (χ4n) is 1.95. The fourth-order valence-corrected chi connectivity index (χ4v) is 4.32. The van der Waals surface area contributed by atoms with E-state index in [4.69, 9.17) is 14.2 Å². The smallest absolute Gasteiger partial charge is 0.216 e. The SMILES string of the molecule is CC(CI)(O[Si](C)(C)C(C)(C)C)C1=N[C@@H](C(C)(C)C)CO1. The summed E-state index contributed by atoms with van der Waals surface area (Å²) in [6.07, 6.45) is 0. The molecule has 0 radical (unpaired) electrons. The van der Waals surface area contributed by atoms with E-state index in [1.165, 1.54) is 0 Å². The highest BCUT2D eigenvalue weighted by Crippen LogP contribution is 2.41. The number of rotatable bonds is 4. The molecule has 0 saturated carbocycles. The van der Waals surface area contributed by atoms with Crippen molar-refractivity contribution in [3.05, 3.63) is 0 Å². The summed E-state index contributed by atoms with van der Waals surface area (Å²) in [5.41, 5.74) is -0.283. The summed E-state index contributed by atoms with van der Waals surface area (Å²) in [6.45, 7) is 20.8. The second-order valence-electron chi connectivity index (χ2n) is 8.85. The Kier molecular flexibility index (Phi) is 5.65. The van der Waals surface area contributed by atoms with E-state index in [0.29, 0.717) is 6.61 Å².